The second-order valence-electron chi connectivity index (χ2n) is 6.35. The third-order valence-corrected chi connectivity index (χ3v) is 5.31. The maximum absolute atomic E-state index is 12.1. The van der Waals surface area contributed by atoms with Crippen LogP contribution in [0.2, 0.25) is 10.0 Å². The van der Waals surface area contributed by atoms with Crippen molar-refractivity contribution in [3.8, 4) is 11.5 Å². The Hall–Kier alpha value is -2.54. The topological polar surface area (TPSA) is 59.9 Å². The highest BCUT2D eigenvalue weighted by Gasteiger charge is 2.13. The van der Waals surface area contributed by atoms with Crippen molar-refractivity contribution in [1.29, 1.82) is 0 Å². The van der Waals surface area contributed by atoms with Gasteiger partial charge in [0.05, 0.1) is 17.3 Å². The highest BCUT2D eigenvalue weighted by molar-refractivity contribution is 9.10. The minimum absolute atomic E-state index is 0.245. The standard InChI is InChI=1S/C23H19BrCl2N2O3/c1-2-30-21-11-15(13-27-28-23(29)16-6-4-3-5-7-16)10-19(24)22(21)31-14-17-8-9-18(25)12-20(17)26/h3-13H,2,14H2,1H3,(H,28,29)/b27-13-. The molecule has 0 aromatic heterocycles. The van der Waals surface area contributed by atoms with E-state index in [1.54, 1.807) is 42.5 Å². The lowest BCUT2D eigenvalue weighted by molar-refractivity contribution is 0.0955. The van der Waals surface area contributed by atoms with Gasteiger partial charge in [-0.05, 0) is 64.8 Å². The lowest BCUT2D eigenvalue weighted by atomic mass is 10.2. The maximum Gasteiger partial charge on any atom is 0.271 e. The van der Waals surface area contributed by atoms with Crippen molar-refractivity contribution >= 4 is 51.3 Å². The molecule has 0 heterocycles. The number of nitrogens with zero attached hydrogens (tertiary/aromatic N) is 1. The predicted octanol–water partition coefficient (Wildman–Crippen LogP) is 6.50. The average molecular weight is 522 g/mol. The summed E-state index contributed by atoms with van der Waals surface area (Å²) >= 11 is 15.7. The van der Waals surface area contributed by atoms with E-state index in [1.807, 2.05) is 25.1 Å². The molecule has 1 N–H and O–H groups in total. The van der Waals surface area contributed by atoms with Crippen molar-refractivity contribution in [3.63, 3.8) is 0 Å². The van der Waals surface area contributed by atoms with Gasteiger partial charge in [-0.2, -0.15) is 5.10 Å². The summed E-state index contributed by atoms with van der Waals surface area (Å²) in [6.07, 6.45) is 1.54. The molecule has 0 atom stereocenters. The molecule has 0 fully saturated rings. The Kier molecular flexibility index (Phi) is 8.35. The molecular formula is C23H19BrCl2N2O3. The summed E-state index contributed by atoms with van der Waals surface area (Å²) < 4.78 is 12.4. The highest BCUT2D eigenvalue weighted by atomic mass is 79.9. The first-order valence-corrected chi connectivity index (χ1v) is 10.9. The van der Waals surface area contributed by atoms with E-state index in [4.69, 9.17) is 32.7 Å². The fraction of sp³-hybridized carbons (Fsp3) is 0.130. The Morgan fingerprint density at radius 1 is 1.10 bits per heavy atom. The van der Waals surface area contributed by atoms with Gasteiger partial charge in [0, 0.05) is 21.2 Å². The zero-order chi connectivity index (χ0) is 22.2. The number of amides is 1. The maximum atomic E-state index is 12.1. The molecule has 0 aliphatic rings. The second kappa shape index (κ2) is 11.2. The number of nitrogens with one attached hydrogen (secondary N) is 1. The van der Waals surface area contributed by atoms with Crippen molar-refractivity contribution in [2.45, 2.75) is 13.5 Å². The van der Waals surface area contributed by atoms with Gasteiger partial charge in [-0.1, -0.05) is 47.5 Å². The van der Waals surface area contributed by atoms with E-state index in [-0.39, 0.29) is 12.5 Å². The number of halogens is 3. The number of rotatable bonds is 8. The van der Waals surface area contributed by atoms with Crippen LogP contribution in [0.4, 0.5) is 0 Å². The van der Waals surface area contributed by atoms with Crippen molar-refractivity contribution < 1.29 is 14.3 Å². The van der Waals surface area contributed by atoms with Crippen LogP contribution in [0.25, 0.3) is 0 Å². The Morgan fingerprint density at radius 2 is 1.87 bits per heavy atom. The van der Waals surface area contributed by atoms with Gasteiger partial charge in [-0.25, -0.2) is 5.43 Å². The largest absolute Gasteiger partial charge is 0.490 e. The van der Waals surface area contributed by atoms with Gasteiger partial charge >= 0.3 is 0 Å². The monoisotopic (exact) mass is 520 g/mol. The third kappa shape index (κ3) is 6.47. The molecule has 160 valence electrons. The summed E-state index contributed by atoms with van der Waals surface area (Å²) in [7, 11) is 0. The van der Waals surface area contributed by atoms with Crippen molar-refractivity contribution in [2.24, 2.45) is 5.10 Å². The van der Waals surface area contributed by atoms with E-state index in [9.17, 15) is 4.79 Å². The smallest absolute Gasteiger partial charge is 0.271 e. The van der Waals surface area contributed by atoms with Gasteiger partial charge in [-0.15, -0.1) is 0 Å². The number of benzene rings is 3. The highest BCUT2D eigenvalue weighted by Crippen LogP contribution is 2.37. The number of ether oxygens (including phenoxy) is 2. The lowest BCUT2D eigenvalue weighted by Crippen LogP contribution is -2.17. The van der Waals surface area contributed by atoms with Gasteiger partial charge in [0.15, 0.2) is 11.5 Å². The Balaban J connectivity index is 1.74. The van der Waals surface area contributed by atoms with Crippen molar-refractivity contribution in [1.82, 2.24) is 5.43 Å². The summed E-state index contributed by atoms with van der Waals surface area (Å²) in [6, 6.07) is 17.7. The van der Waals surface area contributed by atoms with Crippen LogP contribution in [0.5, 0.6) is 11.5 Å². The minimum Gasteiger partial charge on any atom is -0.490 e. The Labute approximate surface area is 199 Å². The van der Waals surface area contributed by atoms with Gasteiger partial charge < -0.3 is 9.47 Å². The molecule has 5 nitrogen and oxygen atoms in total. The Morgan fingerprint density at radius 3 is 2.58 bits per heavy atom. The molecule has 0 spiro atoms. The zero-order valence-corrected chi connectivity index (χ0v) is 19.7. The average Bonchev–Trinajstić information content (AvgIpc) is 2.75. The van der Waals surface area contributed by atoms with E-state index in [0.717, 1.165) is 11.1 Å². The first kappa shape index (κ1) is 23.1. The molecule has 0 bridgehead atoms. The first-order valence-electron chi connectivity index (χ1n) is 9.39. The number of carbonyl (C=O) groups is 1. The summed E-state index contributed by atoms with van der Waals surface area (Å²) in [5.74, 6) is 0.789. The van der Waals surface area contributed by atoms with Gasteiger partial charge in [0.1, 0.15) is 6.61 Å². The van der Waals surface area contributed by atoms with E-state index >= 15 is 0 Å². The summed E-state index contributed by atoms with van der Waals surface area (Å²) in [5.41, 5.74) is 4.56. The van der Waals surface area contributed by atoms with Crippen LogP contribution in [0.15, 0.2) is 70.2 Å². The molecule has 0 saturated carbocycles. The normalized spacial score (nSPS) is 10.8. The fourth-order valence-electron chi connectivity index (χ4n) is 2.67. The molecule has 3 aromatic carbocycles. The van der Waals surface area contributed by atoms with Crippen LogP contribution in [0.3, 0.4) is 0 Å². The van der Waals surface area contributed by atoms with Crippen LogP contribution in [0.1, 0.15) is 28.4 Å². The second-order valence-corrected chi connectivity index (χ2v) is 8.05. The summed E-state index contributed by atoms with van der Waals surface area (Å²) in [6.45, 7) is 2.58. The summed E-state index contributed by atoms with van der Waals surface area (Å²) in [4.78, 5) is 12.1. The number of hydrogen-bond acceptors (Lipinski definition) is 4. The first-order chi connectivity index (χ1) is 15.0. The van der Waals surface area contributed by atoms with Gasteiger partial charge in [-0.3, -0.25) is 4.79 Å². The number of carbonyl (C=O) groups excluding carboxylic acids is 1. The van der Waals surface area contributed by atoms with E-state index in [0.29, 0.717) is 38.2 Å². The SMILES string of the molecule is CCOc1cc(/C=N\NC(=O)c2ccccc2)cc(Br)c1OCc1ccc(Cl)cc1Cl. The van der Waals surface area contributed by atoms with Crippen LogP contribution in [-0.2, 0) is 6.61 Å². The summed E-state index contributed by atoms with van der Waals surface area (Å²) in [5, 5.41) is 5.12. The number of hydrogen-bond donors (Lipinski definition) is 1. The molecular weight excluding hydrogens is 503 g/mol. The molecule has 3 aromatic rings. The molecule has 0 radical (unpaired) electrons. The molecule has 1 amide bonds. The van der Waals surface area contributed by atoms with E-state index < -0.39 is 0 Å². The van der Waals surface area contributed by atoms with Crippen LogP contribution < -0.4 is 14.9 Å². The molecule has 0 aliphatic heterocycles. The van der Waals surface area contributed by atoms with Gasteiger partial charge in [0.25, 0.3) is 5.91 Å². The molecule has 0 unspecified atom stereocenters. The van der Waals surface area contributed by atoms with Crippen molar-refractivity contribution in [2.75, 3.05) is 6.61 Å². The molecule has 0 saturated heterocycles. The molecule has 8 heteroatoms. The third-order valence-electron chi connectivity index (χ3n) is 4.13. The molecule has 0 aliphatic carbocycles. The van der Waals surface area contributed by atoms with Crippen LogP contribution >= 0.6 is 39.1 Å². The Bertz CT molecular complexity index is 1090. The van der Waals surface area contributed by atoms with Crippen molar-refractivity contribution in [3.05, 3.63) is 91.9 Å². The number of hydrazone groups is 1. The minimum atomic E-state index is -0.291. The van der Waals surface area contributed by atoms with Crippen LogP contribution in [0, 0.1) is 0 Å². The van der Waals surface area contributed by atoms with Crippen LogP contribution in [-0.4, -0.2) is 18.7 Å². The fourth-order valence-corrected chi connectivity index (χ4v) is 3.71. The predicted molar refractivity (Wildman–Crippen MR) is 128 cm³/mol. The van der Waals surface area contributed by atoms with Gasteiger partial charge in [0.2, 0.25) is 0 Å². The quantitative estimate of drug-likeness (QED) is 0.272. The molecule has 31 heavy (non-hydrogen) atoms. The van der Waals surface area contributed by atoms with E-state index in [1.165, 1.54) is 6.21 Å². The lowest BCUT2D eigenvalue weighted by Gasteiger charge is -2.15. The molecule has 3 rings (SSSR count). The van der Waals surface area contributed by atoms with E-state index in [2.05, 4.69) is 26.5 Å². The zero-order valence-electron chi connectivity index (χ0n) is 16.6.